The molecule has 0 amide bonds. The Hall–Kier alpha value is -1.26. The van der Waals surface area contributed by atoms with Gasteiger partial charge in [0.25, 0.3) is 0 Å². The summed E-state index contributed by atoms with van der Waals surface area (Å²) in [5.74, 6) is 2.69. The number of benzene rings is 1. The number of fused-ring (bicyclic) bond motifs is 1. The second-order valence-corrected chi connectivity index (χ2v) is 3.04. The van der Waals surface area contributed by atoms with Gasteiger partial charge in [0.2, 0.25) is 0 Å². The second kappa shape index (κ2) is 3.00. The van der Waals surface area contributed by atoms with Gasteiger partial charge in [-0.25, -0.2) is 0 Å². The average Bonchev–Trinajstić information content (AvgIpc) is 2.50. The summed E-state index contributed by atoms with van der Waals surface area (Å²) < 4.78 is 0. The molecule has 0 aliphatic carbocycles. The van der Waals surface area contributed by atoms with Crippen LogP contribution >= 0.6 is 0 Å². The monoisotopic (exact) mass is 157 g/mol. The normalized spacial score (nSPS) is 20.1. The van der Waals surface area contributed by atoms with Gasteiger partial charge in [-0.3, -0.25) is 0 Å². The summed E-state index contributed by atoms with van der Waals surface area (Å²) in [6, 6.07) is 8.82. The van der Waals surface area contributed by atoms with Crippen LogP contribution in [0.3, 0.4) is 0 Å². The van der Waals surface area contributed by atoms with Crippen molar-refractivity contribution in [3.8, 4) is 12.3 Å². The van der Waals surface area contributed by atoms with Crippen molar-refractivity contribution in [2.75, 3.05) is 0 Å². The van der Waals surface area contributed by atoms with Crippen molar-refractivity contribution < 1.29 is 0 Å². The largest absolute Gasteiger partial charge is 0.305 e. The van der Waals surface area contributed by atoms with Crippen molar-refractivity contribution in [3.05, 3.63) is 35.4 Å². The topological polar surface area (TPSA) is 12.0 Å². The van der Waals surface area contributed by atoms with Crippen LogP contribution in [0.4, 0.5) is 0 Å². The van der Waals surface area contributed by atoms with E-state index in [1.165, 1.54) is 11.1 Å². The third kappa shape index (κ3) is 1.11. The van der Waals surface area contributed by atoms with Crippen molar-refractivity contribution in [3.63, 3.8) is 0 Å². The van der Waals surface area contributed by atoms with E-state index in [1.54, 1.807) is 0 Å². The molecule has 0 saturated heterocycles. The molecule has 1 aromatic rings. The predicted octanol–water partition coefficient (Wildman–Crippen LogP) is 1.85. The highest BCUT2D eigenvalue weighted by Crippen LogP contribution is 2.26. The fourth-order valence-electron chi connectivity index (χ4n) is 1.68. The van der Waals surface area contributed by atoms with Gasteiger partial charge >= 0.3 is 0 Å². The minimum Gasteiger partial charge on any atom is -0.305 e. The SMILES string of the molecule is C#CCC1NCc2ccccc21. The van der Waals surface area contributed by atoms with Crippen molar-refractivity contribution in [2.45, 2.75) is 19.0 Å². The Labute approximate surface area is 72.8 Å². The van der Waals surface area contributed by atoms with E-state index in [1.807, 2.05) is 0 Å². The van der Waals surface area contributed by atoms with Crippen LogP contribution in [-0.2, 0) is 6.54 Å². The van der Waals surface area contributed by atoms with E-state index < -0.39 is 0 Å². The van der Waals surface area contributed by atoms with Crippen LogP contribution in [0.2, 0.25) is 0 Å². The highest BCUT2D eigenvalue weighted by atomic mass is 14.9. The third-order valence-electron chi connectivity index (χ3n) is 2.29. The average molecular weight is 157 g/mol. The molecule has 1 aliphatic heterocycles. The standard InChI is InChI=1S/C11H11N/c1-2-5-11-10-7-4-3-6-9(10)8-12-11/h1,3-4,6-7,11-12H,5,8H2. The van der Waals surface area contributed by atoms with Gasteiger partial charge in [-0.05, 0) is 11.1 Å². The van der Waals surface area contributed by atoms with Crippen molar-refractivity contribution in [1.29, 1.82) is 0 Å². The first kappa shape index (κ1) is 7.39. The molecule has 1 heteroatoms. The molecule has 60 valence electrons. The van der Waals surface area contributed by atoms with Crippen LogP contribution in [0.5, 0.6) is 0 Å². The lowest BCUT2D eigenvalue weighted by Gasteiger charge is -2.06. The third-order valence-corrected chi connectivity index (χ3v) is 2.29. The molecule has 1 N–H and O–H groups in total. The van der Waals surface area contributed by atoms with E-state index in [4.69, 9.17) is 6.42 Å². The maximum absolute atomic E-state index is 5.28. The van der Waals surface area contributed by atoms with E-state index in [0.29, 0.717) is 6.04 Å². The van der Waals surface area contributed by atoms with E-state index >= 15 is 0 Å². The summed E-state index contributed by atoms with van der Waals surface area (Å²) in [6.07, 6.45) is 6.06. The van der Waals surface area contributed by atoms with Crippen LogP contribution in [0, 0.1) is 12.3 Å². The van der Waals surface area contributed by atoms with Crippen LogP contribution in [0.15, 0.2) is 24.3 Å². The van der Waals surface area contributed by atoms with Crippen LogP contribution < -0.4 is 5.32 Å². The van der Waals surface area contributed by atoms with Crippen LogP contribution in [0.25, 0.3) is 0 Å². The molecule has 1 unspecified atom stereocenters. The zero-order valence-electron chi connectivity index (χ0n) is 6.88. The van der Waals surface area contributed by atoms with E-state index in [0.717, 1.165) is 13.0 Å². The molecule has 0 bridgehead atoms. The number of terminal acetylenes is 1. The highest BCUT2D eigenvalue weighted by molar-refractivity contribution is 5.34. The van der Waals surface area contributed by atoms with Crippen LogP contribution in [0.1, 0.15) is 23.6 Å². The Morgan fingerprint density at radius 2 is 2.33 bits per heavy atom. The Bertz CT molecular complexity index is 322. The lowest BCUT2D eigenvalue weighted by atomic mass is 10.0. The summed E-state index contributed by atoms with van der Waals surface area (Å²) in [7, 11) is 0. The number of rotatable bonds is 1. The molecule has 2 rings (SSSR count). The second-order valence-electron chi connectivity index (χ2n) is 3.04. The highest BCUT2D eigenvalue weighted by Gasteiger charge is 2.19. The molecule has 0 aromatic heterocycles. The maximum Gasteiger partial charge on any atom is 0.0436 e. The van der Waals surface area contributed by atoms with Crippen LogP contribution in [-0.4, -0.2) is 0 Å². The molecule has 1 nitrogen and oxygen atoms in total. The van der Waals surface area contributed by atoms with Gasteiger partial charge in [0.15, 0.2) is 0 Å². The fourth-order valence-corrected chi connectivity index (χ4v) is 1.68. The smallest absolute Gasteiger partial charge is 0.0436 e. The van der Waals surface area contributed by atoms with E-state index in [-0.39, 0.29) is 0 Å². The molecule has 1 aliphatic rings. The quantitative estimate of drug-likeness (QED) is 0.613. The van der Waals surface area contributed by atoms with Crippen molar-refractivity contribution in [1.82, 2.24) is 5.32 Å². The van der Waals surface area contributed by atoms with Gasteiger partial charge < -0.3 is 5.32 Å². The summed E-state index contributed by atoms with van der Waals surface area (Å²) in [4.78, 5) is 0. The molecule has 0 saturated carbocycles. The Kier molecular flexibility index (Phi) is 1.85. The first-order valence-corrected chi connectivity index (χ1v) is 4.16. The summed E-state index contributed by atoms with van der Waals surface area (Å²) in [6.45, 7) is 0.961. The first-order chi connectivity index (χ1) is 5.92. The maximum atomic E-state index is 5.28. The van der Waals surface area contributed by atoms with Gasteiger partial charge in [-0.15, -0.1) is 12.3 Å². The molecular weight excluding hydrogens is 146 g/mol. The Balaban J connectivity index is 2.31. The molecule has 1 atom stereocenters. The van der Waals surface area contributed by atoms with E-state index in [2.05, 4.69) is 35.5 Å². The van der Waals surface area contributed by atoms with Crippen molar-refractivity contribution in [2.24, 2.45) is 0 Å². The van der Waals surface area contributed by atoms with Gasteiger partial charge in [0.1, 0.15) is 0 Å². The zero-order valence-corrected chi connectivity index (χ0v) is 6.88. The minimum absolute atomic E-state index is 0.381. The Morgan fingerprint density at radius 3 is 3.17 bits per heavy atom. The molecule has 0 spiro atoms. The zero-order chi connectivity index (χ0) is 8.39. The number of hydrogen-bond donors (Lipinski definition) is 1. The van der Waals surface area contributed by atoms with Gasteiger partial charge in [0.05, 0.1) is 0 Å². The molecule has 1 aromatic carbocycles. The summed E-state index contributed by atoms with van der Waals surface area (Å²) in [5, 5.41) is 3.38. The molecule has 0 radical (unpaired) electrons. The summed E-state index contributed by atoms with van der Waals surface area (Å²) >= 11 is 0. The Morgan fingerprint density at radius 1 is 1.50 bits per heavy atom. The fraction of sp³-hybridized carbons (Fsp3) is 0.273. The molecule has 12 heavy (non-hydrogen) atoms. The van der Waals surface area contributed by atoms with Gasteiger partial charge in [-0.2, -0.15) is 0 Å². The predicted molar refractivity (Wildman–Crippen MR) is 49.5 cm³/mol. The first-order valence-electron chi connectivity index (χ1n) is 4.16. The van der Waals surface area contributed by atoms with Gasteiger partial charge in [-0.1, -0.05) is 24.3 Å². The molecular formula is C11H11N. The minimum atomic E-state index is 0.381. The van der Waals surface area contributed by atoms with E-state index in [9.17, 15) is 0 Å². The lowest BCUT2D eigenvalue weighted by molar-refractivity contribution is 0.598. The lowest BCUT2D eigenvalue weighted by Crippen LogP contribution is -2.10. The molecule has 0 fully saturated rings. The number of nitrogens with one attached hydrogen (secondary N) is 1. The van der Waals surface area contributed by atoms with Gasteiger partial charge in [0, 0.05) is 19.0 Å². The summed E-state index contributed by atoms with van der Waals surface area (Å²) in [5.41, 5.74) is 2.76. The molecule has 1 heterocycles. The number of hydrogen-bond acceptors (Lipinski definition) is 1. The van der Waals surface area contributed by atoms with Crippen molar-refractivity contribution >= 4 is 0 Å².